The van der Waals surface area contributed by atoms with Gasteiger partial charge in [-0.3, -0.25) is 0 Å². The largest absolute Gasteiger partial charge is 2.00 e. The van der Waals surface area contributed by atoms with Crippen molar-refractivity contribution in [1.82, 2.24) is 0 Å². The SMILES string of the molecule is O.O=[N+]([O-])O.[NH2-].[NH2-].[Pt+2]. The molecule has 0 aliphatic heterocycles. The molecule has 0 atom stereocenters. The van der Waals surface area contributed by atoms with E-state index in [2.05, 4.69) is 0 Å². The topological polar surface area (TPSA) is 162 Å². The third-order valence-electron chi connectivity index (χ3n) is 0. The molecule has 0 fully saturated rings. The van der Waals surface area contributed by atoms with Gasteiger partial charge in [0, 0.05) is 0 Å². The standard InChI is InChI=1S/HNO3.2H2N.H2O.Pt/c2-1(3)4;;;;/h(H,2,3,4);3*1H2;/q;2*-1;;+2. The van der Waals surface area contributed by atoms with Gasteiger partial charge in [-0.05, 0) is 0 Å². The van der Waals surface area contributed by atoms with Crippen LogP contribution in [0.2, 0.25) is 0 Å². The minimum Gasteiger partial charge on any atom is -0.693 e. The molecule has 0 saturated carbocycles. The maximum atomic E-state index is 8.36. The average molecular weight is 308 g/mol. The quantitative estimate of drug-likeness (QED) is 0.502. The summed E-state index contributed by atoms with van der Waals surface area (Å²) in [4.78, 5) is 8.36. The maximum absolute atomic E-state index is 8.36. The molecule has 0 amide bonds. The van der Waals surface area contributed by atoms with E-state index in [1.165, 1.54) is 0 Å². The van der Waals surface area contributed by atoms with Crippen molar-refractivity contribution in [1.29, 1.82) is 0 Å². The van der Waals surface area contributed by atoms with E-state index in [4.69, 9.17) is 15.3 Å². The van der Waals surface area contributed by atoms with Crippen LogP contribution in [0.1, 0.15) is 0 Å². The molecule has 0 heterocycles. The second-order valence-electron chi connectivity index (χ2n) is 0.238. The molecule has 0 unspecified atom stereocenters. The Morgan fingerprint density at radius 2 is 1.38 bits per heavy atom. The van der Waals surface area contributed by atoms with Crippen LogP contribution in [0.15, 0.2) is 0 Å². The monoisotopic (exact) mass is 308 g/mol. The summed E-state index contributed by atoms with van der Waals surface area (Å²) in [6.45, 7) is 0. The van der Waals surface area contributed by atoms with E-state index in [1.807, 2.05) is 0 Å². The van der Waals surface area contributed by atoms with Crippen LogP contribution in [0.3, 0.4) is 0 Å². The molecule has 8 heavy (non-hydrogen) atoms. The first-order chi connectivity index (χ1) is 1.73. The first kappa shape index (κ1) is 46.4. The van der Waals surface area contributed by atoms with E-state index < -0.39 is 5.09 Å². The molecule has 0 saturated heterocycles. The number of rotatable bonds is 0. The summed E-state index contributed by atoms with van der Waals surface area (Å²) in [7, 11) is 0. The van der Waals surface area contributed by atoms with E-state index in [9.17, 15) is 0 Å². The van der Waals surface area contributed by atoms with Crippen LogP contribution >= 0.6 is 0 Å². The Bertz CT molecular complexity index is 34.3. The fraction of sp³-hybridized carbons (Fsp3) is 0. The van der Waals surface area contributed by atoms with Crippen LogP contribution in [-0.2, 0) is 21.1 Å². The Labute approximate surface area is 59.9 Å². The molecule has 0 aromatic rings. The molecule has 56 valence electrons. The van der Waals surface area contributed by atoms with Crippen molar-refractivity contribution in [2.75, 3.05) is 0 Å². The van der Waals surface area contributed by atoms with Crippen LogP contribution in [0.25, 0.3) is 12.3 Å². The third-order valence-corrected chi connectivity index (χ3v) is 0. The van der Waals surface area contributed by atoms with Crippen molar-refractivity contribution < 1.29 is 36.8 Å². The Kier molecular flexibility index (Phi) is 171. The van der Waals surface area contributed by atoms with Gasteiger partial charge in [0.25, 0.3) is 5.09 Å². The van der Waals surface area contributed by atoms with Gasteiger partial charge in [0.2, 0.25) is 0 Å². The molecule has 8 heteroatoms. The number of hydrogen-bond acceptors (Lipinski definition) is 2. The summed E-state index contributed by atoms with van der Waals surface area (Å²) in [5, 5.41) is 13.6. The van der Waals surface area contributed by atoms with Crippen LogP contribution in [-0.4, -0.2) is 15.8 Å². The predicted molar refractivity (Wildman–Crippen MR) is 23.0 cm³/mol. The average Bonchev–Trinajstić information content (AvgIpc) is 0.811. The summed E-state index contributed by atoms with van der Waals surface area (Å²) in [6, 6.07) is 0. The van der Waals surface area contributed by atoms with Gasteiger partial charge in [0.05, 0.1) is 0 Å². The van der Waals surface area contributed by atoms with E-state index >= 15 is 0 Å². The van der Waals surface area contributed by atoms with Crippen molar-refractivity contribution >= 4 is 0 Å². The fourth-order valence-electron chi connectivity index (χ4n) is 0. The number of nitrogens with two attached hydrogens (primary N) is 2. The molecule has 7 nitrogen and oxygen atoms in total. The minimum atomic E-state index is -1.50. The van der Waals surface area contributed by atoms with Gasteiger partial charge in [-0.1, -0.05) is 0 Å². The number of hydrogen-bond donors (Lipinski definition) is 1. The van der Waals surface area contributed by atoms with Gasteiger partial charge in [0.15, 0.2) is 0 Å². The normalized spacial score (nSPS) is 3.00. The zero-order chi connectivity index (χ0) is 3.58. The predicted octanol–water partition coefficient (Wildman–Crippen LogP) is 0.259. The van der Waals surface area contributed by atoms with Crippen molar-refractivity contribution in [2.24, 2.45) is 0 Å². The molecular formula is H7N3O4Pt. The van der Waals surface area contributed by atoms with E-state index in [0.29, 0.717) is 0 Å². The molecule has 0 bridgehead atoms. The second-order valence-corrected chi connectivity index (χ2v) is 0.238. The van der Waals surface area contributed by atoms with Gasteiger partial charge in [-0.2, -0.15) is 0 Å². The summed E-state index contributed by atoms with van der Waals surface area (Å²) >= 11 is 0. The second kappa shape index (κ2) is 29.4. The van der Waals surface area contributed by atoms with Crippen LogP contribution in [0.5, 0.6) is 0 Å². The zero-order valence-corrected chi connectivity index (χ0v) is 5.95. The molecule has 0 aliphatic rings. The van der Waals surface area contributed by atoms with Gasteiger partial charge < -0.3 is 23.0 Å². The minimum absolute atomic E-state index is 0. The number of nitrogens with zero attached hydrogens (tertiary/aromatic N) is 1. The summed E-state index contributed by atoms with van der Waals surface area (Å²) in [5.41, 5.74) is 0. The fourth-order valence-corrected chi connectivity index (χ4v) is 0. The Balaban J connectivity index is -0.00000000750. The van der Waals surface area contributed by atoms with Crippen molar-refractivity contribution in [3.05, 3.63) is 22.4 Å². The molecule has 0 rings (SSSR count). The smallest absolute Gasteiger partial charge is 0.693 e. The molecule has 0 aliphatic carbocycles. The molecule has 0 radical (unpaired) electrons. The summed E-state index contributed by atoms with van der Waals surface area (Å²) < 4.78 is 0. The van der Waals surface area contributed by atoms with Crippen molar-refractivity contribution in [3.8, 4) is 0 Å². The first-order valence-corrected chi connectivity index (χ1v) is 0.565. The molecule has 0 spiro atoms. The Morgan fingerprint density at radius 3 is 1.38 bits per heavy atom. The molecule has 0 aromatic carbocycles. The van der Waals surface area contributed by atoms with Gasteiger partial charge >= 0.3 is 21.1 Å². The van der Waals surface area contributed by atoms with Gasteiger partial charge in [-0.25, -0.2) is 0 Å². The maximum Gasteiger partial charge on any atom is 2.00 e. The van der Waals surface area contributed by atoms with Crippen LogP contribution in [0.4, 0.5) is 0 Å². The Hall–Kier alpha value is -0.232. The van der Waals surface area contributed by atoms with Crippen LogP contribution < -0.4 is 0 Å². The van der Waals surface area contributed by atoms with Gasteiger partial charge in [-0.15, -0.1) is 10.1 Å². The molecule has 0 aromatic heterocycles. The molecular weight excluding hydrogens is 301 g/mol. The Morgan fingerprint density at radius 1 is 1.38 bits per heavy atom. The van der Waals surface area contributed by atoms with Gasteiger partial charge in [0.1, 0.15) is 0 Å². The zero-order valence-electron chi connectivity index (χ0n) is 3.68. The van der Waals surface area contributed by atoms with Crippen molar-refractivity contribution in [2.45, 2.75) is 0 Å². The first-order valence-electron chi connectivity index (χ1n) is 0.565. The summed E-state index contributed by atoms with van der Waals surface area (Å²) in [6.07, 6.45) is 0. The van der Waals surface area contributed by atoms with E-state index in [-0.39, 0.29) is 38.8 Å². The van der Waals surface area contributed by atoms with Crippen LogP contribution in [0, 0.1) is 10.1 Å². The van der Waals surface area contributed by atoms with Crippen molar-refractivity contribution in [3.63, 3.8) is 0 Å². The third kappa shape index (κ3) is 2440. The van der Waals surface area contributed by atoms with E-state index in [0.717, 1.165) is 0 Å². The summed E-state index contributed by atoms with van der Waals surface area (Å²) in [5.74, 6) is 0. The molecule has 7 N–H and O–H groups in total. The van der Waals surface area contributed by atoms with E-state index in [1.54, 1.807) is 0 Å².